The molecule has 1 aromatic carbocycles. The first kappa shape index (κ1) is 5.66. The van der Waals surface area contributed by atoms with Crippen molar-refractivity contribution in [1.82, 2.24) is 4.57 Å². The van der Waals surface area contributed by atoms with Crippen LogP contribution in [-0.2, 0) is 6.56 Å². The summed E-state index contributed by atoms with van der Waals surface area (Å²) in [5.74, 6) is 0. The number of pyridine rings is 1. The molecule has 1 aromatic heterocycles. The van der Waals surface area contributed by atoms with E-state index in [1.807, 2.05) is 0 Å². The Morgan fingerprint density at radius 1 is 1.38 bits per heavy atom. The first-order valence-electron chi connectivity index (χ1n) is 7.27. The molecular weight excluding hydrogens is 226 g/mol. The number of rotatable bonds is 2. The van der Waals surface area contributed by atoms with Crippen LogP contribution in [0.3, 0.4) is 0 Å². The Bertz CT molecular complexity index is 785. The van der Waals surface area contributed by atoms with Crippen LogP contribution in [-0.4, -0.2) is 9.67 Å². The third-order valence-electron chi connectivity index (χ3n) is 1.86. The van der Waals surface area contributed by atoms with Gasteiger partial charge in [0.25, 0.3) is 5.56 Å². The molecule has 0 saturated carbocycles. The van der Waals surface area contributed by atoms with Crippen LogP contribution < -0.4 is 5.56 Å². The van der Waals surface area contributed by atoms with E-state index in [0.29, 0.717) is 0 Å². The molecule has 1 heterocycles. The minimum atomic E-state index is -2.72. The zero-order chi connectivity index (χ0) is 16.8. The van der Waals surface area contributed by atoms with Crippen LogP contribution in [0.15, 0.2) is 47.3 Å². The largest absolute Gasteiger partial charge is 0.392 e. The molecule has 16 heavy (non-hydrogen) atoms. The summed E-state index contributed by atoms with van der Waals surface area (Å²) in [5.41, 5.74) is -1.33. The van der Waals surface area contributed by atoms with Gasteiger partial charge in [-0.2, -0.15) is 0 Å². The fraction of sp³-hybridized carbons (Fsp3) is 0.0833. The molecule has 0 spiro atoms. The Labute approximate surface area is 106 Å². The predicted molar refractivity (Wildman–Crippen MR) is 63.0 cm³/mol. The minimum Gasteiger partial charge on any atom is -0.392 e. The molecule has 0 unspecified atom stereocenters. The van der Waals surface area contributed by atoms with Gasteiger partial charge in [-0.15, -0.1) is 0 Å². The fourth-order valence-electron chi connectivity index (χ4n) is 1.14. The van der Waals surface area contributed by atoms with Gasteiger partial charge in [0.15, 0.2) is 0 Å². The molecule has 0 aliphatic rings. The molecule has 2 aromatic rings. The number of halogens is 1. The van der Waals surface area contributed by atoms with Gasteiger partial charge in [-0.25, -0.2) is 0 Å². The normalized spacial score (nSPS) is 16.6. The summed E-state index contributed by atoms with van der Waals surface area (Å²) in [5, 5.41) is 9.00. The van der Waals surface area contributed by atoms with E-state index in [1.54, 1.807) is 0 Å². The van der Waals surface area contributed by atoms with E-state index in [4.69, 9.17) is 19.8 Å². The average Bonchev–Trinajstić information content (AvgIpc) is 2.44. The number of aromatic nitrogens is 1. The molecule has 0 fully saturated rings. The summed E-state index contributed by atoms with van der Waals surface area (Å²) in [6.45, 7) is -2.72. The molecule has 82 valence electrons. The van der Waals surface area contributed by atoms with E-state index >= 15 is 0 Å². The topological polar surface area (TPSA) is 42.2 Å². The second-order valence-corrected chi connectivity index (χ2v) is 3.28. The highest BCUT2D eigenvalue weighted by Gasteiger charge is 2.00. The van der Waals surface area contributed by atoms with Crippen molar-refractivity contribution < 1.29 is 13.3 Å². The Morgan fingerprint density at radius 2 is 2.06 bits per heavy atom. The molecule has 1 N–H and O–H groups in total. The molecule has 4 heteroatoms. The SMILES string of the molecule is [2H]c1c([2H])c(-n2cc(C([2H])([2H])O)ccc2=O)c([2H])c([2H])c1Cl. The summed E-state index contributed by atoms with van der Waals surface area (Å²) >= 11 is 5.69. The summed E-state index contributed by atoms with van der Waals surface area (Å²) in [6, 6.07) is -0.0635. The van der Waals surface area contributed by atoms with E-state index in [0.717, 1.165) is 22.9 Å². The maximum atomic E-state index is 11.9. The lowest BCUT2D eigenvalue weighted by Gasteiger charge is -2.06. The van der Waals surface area contributed by atoms with E-state index in [1.165, 1.54) is 0 Å². The molecule has 3 nitrogen and oxygen atoms in total. The van der Waals surface area contributed by atoms with Crippen molar-refractivity contribution in [2.45, 2.75) is 6.56 Å². The monoisotopic (exact) mass is 241 g/mol. The van der Waals surface area contributed by atoms with Crippen LogP contribution >= 0.6 is 11.6 Å². The Kier molecular flexibility index (Phi) is 1.60. The Balaban J connectivity index is 2.86. The highest BCUT2D eigenvalue weighted by Crippen LogP contribution is 2.12. The predicted octanol–water partition coefficient (Wildman–Crippen LogP) is 1.98. The van der Waals surface area contributed by atoms with Crippen molar-refractivity contribution in [2.24, 2.45) is 0 Å². The molecule has 0 bridgehead atoms. The summed E-state index contributed by atoms with van der Waals surface area (Å²) in [4.78, 5) is 11.9. The van der Waals surface area contributed by atoms with Crippen molar-refractivity contribution in [3.63, 3.8) is 0 Å². The van der Waals surface area contributed by atoms with Gasteiger partial charge in [-0.3, -0.25) is 9.36 Å². The molecule has 2 rings (SSSR count). The zero-order valence-corrected chi connectivity index (χ0v) is 8.67. The van der Waals surface area contributed by atoms with Crippen LogP contribution in [0, 0.1) is 0 Å². The van der Waals surface area contributed by atoms with E-state index in [9.17, 15) is 9.90 Å². The minimum absolute atomic E-state index is 0.265. The quantitative estimate of drug-likeness (QED) is 0.874. The average molecular weight is 242 g/mol. The van der Waals surface area contributed by atoms with E-state index in [-0.39, 0.29) is 16.3 Å². The number of benzene rings is 1. The highest BCUT2D eigenvalue weighted by atomic mass is 35.5. The van der Waals surface area contributed by atoms with E-state index < -0.39 is 36.3 Å². The van der Waals surface area contributed by atoms with Crippen LogP contribution in [0.1, 0.15) is 13.8 Å². The second-order valence-electron chi connectivity index (χ2n) is 2.90. The van der Waals surface area contributed by atoms with Crippen molar-refractivity contribution in [3.8, 4) is 5.69 Å². The lowest BCUT2D eigenvalue weighted by atomic mass is 10.2. The van der Waals surface area contributed by atoms with Gasteiger partial charge in [-0.05, 0) is 35.8 Å². The lowest BCUT2D eigenvalue weighted by molar-refractivity contribution is 0.281. The van der Waals surface area contributed by atoms with Gasteiger partial charge in [-0.1, -0.05) is 11.6 Å². The number of nitrogens with zero attached hydrogens (tertiary/aromatic N) is 1. The van der Waals surface area contributed by atoms with Gasteiger partial charge in [0.05, 0.1) is 14.8 Å². The van der Waals surface area contributed by atoms with E-state index in [2.05, 4.69) is 0 Å². The van der Waals surface area contributed by atoms with Crippen molar-refractivity contribution >= 4 is 11.6 Å². The smallest absolute Gasteiger partial charge is 0.255 e. The number of hydrogen-bond donors (Lipinski definition) is 1. The van der Waals surface area contributed by atoms with Crippen LogP contribution in [0.25, 0.3) is 5.69 Å². The molecular formula is C12H10ClNO2. The molecule has 0 aliphatic heterocycles. The van der Waals surface area contributed by atoms with Crippen molar-refractivity contribution in [2.75, 3.05) is 0 Å². The Morgan fingerprint density at radius 3 is 2.69 bits per heavy atom. The third kappa shape index (κ3) is 2.15. The third-order valence-corrected chi connectivity index (χ3v) is 2.05. The second kappa shape index (κ2) is 4.51. The number of hydrogen-bond acceptors (Lipinski definition) is 2. The van der Waals surface area contributed by atoms with Gasteiger partial charge < -0.3 is 5.11 Å². The van der Waals surface area contributed by atoms with Crippen LogP contribution in [0.4, 0.5) is 0 Å². The lowest BCUT2D eigenvalue weighted by Crippen LogP contribution is -2.16. The molecule has 0 radical (unpaired) electrons. The first-order chi connectivity index (χ1) is 10.1. The van der Waals surface area contributed by atoms with Gasteiger partial charge in [0, 0.05) is 23.0 Å². The first-order valence-corrected chi connectivity index (χ1v) is 4.65. The maximum absolute atomic E-state index is 11.9. The van der Waals surface area contributed by atoms with Gasteiger partial charge >= 0.3 is 0 Å². The fourth-order valence-corrected chi connectivity index (χ4v) is 1.23. The van der Waals surface area contributed by atoms with Crippen LogP contribution in [0.5, 0.6) is 0 Å². The summed E-state index contributed by atoms with van der Waals surface area (Å²) < 4.78 is 46.2. The maximum Gasteiger partial charge on any atom is 0.255 e. The van der Waals surface area contributed by atoms with Crippen molar-refractivity contribution in [1.29, 1.82) is 0 Å². The zero-order valence-electron chi connectivity index (χ0n) is 13.9. The van der Waals surface area contributed by atoms with Gasteiger partial charge in [0.1, 0.15) is 0 Å². The molecule has 0 saturated heterocycles. The summed E-state index contributed by atoms with van der Waals surface area (Å²) in [6.07, 6.45) is 0.931. The number of aliphatic hydroxyl groups is 1. The molecule has 0 amide bonds. The van der Waals surface area contributed by atoms with Gasteiger partial charge in [0.2, 0.25) is 0 Å². The highest BCUT2D eigenvalue weighted by molar-refractivity contribution is 6.30. The van der Waals surface area contributed by atoms with Crippen LogP contribution in [0.2, 0.25) is 5.02 Å². The summed E-state index contributed by atoms with van der Waals surface area (Å²) in [7, 11) is 0. The molecule has 0 atom stereocenters. The Hall–Kier alpha value is -1.58. The standard InChI is InChI=1S/C12H10ClNO2/c13-10-2-4-11(5-3-10)14-7-9(8-15)1-6-12(14)16/h1-7,15H,8H2/i2D,3D,4D,5D,8D2. The van der Waals surface area contributed by atoms with Crippen molar-refractivity contribution in [3.05, 3.63) is 63.4 Å². The molecule has 0 aliphatic carbocycles.